The lowest BCUT2D eigenvalue weighted by Gasteiger charge is -2.23. The van der Waals surface area contributed by atoms with Crippen LogP contribution in [0.15, 0.2) is 53.6 Å². The van der Waals surface area contributed by atoms with Crippen LogP contribution >= 0.6 is 0 Å². The first kappa shape index (κ1) is 29.1. The van der Waals surface area contributed by atoms with Gasteiger partial charge in [0.25, 0.3) is 0 Å². The molecule has 0 spiro atoms. The lowest BCUT2D eigenvalue weighted by molar-refractivity contribution is 0.514. The van der Waals surface area contributed by atoms with Crippen molar-refractivity contribution in [3.05, 3.63) is 76.3 Å². The second-order valence-electron chi connectivity index (χ2n) is 11.1. The van der Waals surface area contributed by atoms with Gasteiger partial charge in [0.05, 0.1) is 11.4 Å². The number of hydrogen-bond donors (Lipinski definition) is 2. The number of aromatic amines is 1. The van der Waals surface area contributed by atoms with Crippen LogP contribution in [0.4, 0.5) is 15.9 Å². The molecule has 37 heavy (non-hydrogen) atoms. The predicted molar refractivity (Wildman–Crippen MR) is 156 cm³/mol. The minimum atomic E-state index is -1.11. The Kier molecular flexibility index (Phi) is 10.1. The molecule has 1 aliphatic rings. The molecule has 1 aliphatic carbocycles. The summed E-state index contributed by atoms with van der Waals surface area (Å²) in [6.07, 6.45) is 15.8. The first-order valence-electron chi connectivity index (χ1n) is 13.5. The topological polar surface area (TPSA) is 57.8 Å². The quantitative estimate of drug-likeness (QED) is 0.306. The molecule has 3 rings (SSSR count). The fourth-order valence-electron chi connectivity index (χ4n) is 5.22. The van der Waals surface area contributed by atoms with Gasteiger partial charge in [-0.3, -0.25) is 9.31 Å². The zero-order chi connectivity index (χ0) is 27.2. The number of hydrogen-bond acceptors (Lipinski definition) is 3. The third-order valence-corrected chi connectivity index (χ3v) is 7.94. The van der Waals surface area contributed by atoms with E-state index < -0.39 is 10.8 Å². The zero-order valence-corrected chi connectivity index (χ0v) is 24.4. The summed E-state index contributed by atoms with van der Waals surface area (Å²) in [5.74, 6) is 1.40. The Balaban J connectivity index is 1.77. The number of H-pyrrole nitrogens is 1. The normalized spacial score (nSPS) is 20.1. The number of rotatable bonds is 10. The van der Waals surface area contributed by atoms with Gasteiger partial charge in [-0.1, -0.05) is 65.0 Å². The summed E-state index contributed by atoms with van der Waals surface area (Å²) >= 11 is 0. The standard InChI is InChI=1S/C31H44FN3OS/c1-8-11-22(18-25(12-9-2)31(4,5)6)23-13-14-24(17-23)28-19-29(35-34-28)33-27-16-15-21(10-3)26(30(27)32)20-37(7)36/h9,11-12,15-16,18-19,23-24H,8,10,13-14,17,20H2,1-7H3,(H2,33,34,35)/b12-9-,22-11-,25-18+. The van der Waals surface area contributed by atoms with Gasteiger partial charge < -0.3 is 5.32 Å². The fraction of sp³-hybridized carbons (Fsp3) is 0.516. The monoisotopic (exact) mass is 525 g/mol. The second kappa shape index (κ2) is 12.9. The summed E-state index contributed by atoms with van der Waals surface area (Å²) in [7, 11) is -1.11. The van der Waals surface area contributed by atoms with Gasteiger partial charge >= 0.3 is 0 Å². The van der Waals surface area contributed by atoms with Crippen LogP contribution in [0.2, 0.25) is 0 Å². The molecule has 3 unspecified atom stereocenters. The fourth-order valence-corrected chi connectivity index (χ4v) is 5.93. The van der Waals surface area contributed by atoms with Crippen molar-refractivity contribution in [2.45, 2.75) is 85.3 Å². The summed E-state index contributed by atoms with van der Waals surface area (Å²) in [6, 6.07) is 5.68. The molecular weight excluding hydrogens is 481 g/mol. The summed E-state index contributed by atoms with van der Waals surface area (Å²) in [4.78, 5) is 0. The SMILES string of the molecule is C\C=C/C(=C\C(=C\CC)C1CCC(c2cc(Nc3ccc(CC)c(CS(C)=O)c3F)n[nH]2)C1)C(C)(C)C. The van der Waals surface area contributed by atoms with Gasteiger partial charge in [-0.05, 0) is 73.1 Å². The van der Waals surface area contributed by atoms with Gasteiger partial charge in [0, 0.05) is 40.3 Å². The van der Waals surface area contributed by atoms with Gasteiger partial charge in [-0.25, -0.2) is 4.39 Å². The lowest BCUT2D eigenvalue weighted by atomic mass is 9.82. The summed E-state index contributed by atoms with van der Waals surface area (Å²) in [5, 5.41) is 10.8. The maximum atomic E-state index is 15.3. The van der Waals surface area contributed by atoms with Crippen molar-refractivity contribution in [1.29, 1.82) is 0 Å². The number of aromatic nitrogens is 2. The highest BCUT2D eigenvalue weighted by atomic mass is 32.2. The van der Waals surface area contributed by atoms with Gasteiger partial charge in [0.15, 0.2) is 11.6 Å². The Morgan fingerprint density at radius 1 is 1.27 bits per heavy atom. The first-order chi connectivity index (χ1) is 17.6. The first-order valence-corrected chi connectivity index (χ1v) is 15.3. The summed E-state index contributed by atoms with van der Waals surface area (Å²) in [5.41, 5.74) is 5.77. The van der Waals surface area contributed by atoms with E-state index in [2.05, 4.69) is 74.4 Å². The number of allylic oxidation sites excluding steroid dienone is 6. The Bertz CT molecular complexity index is 1190. The van der Waals surface area contributed by atoms with Crippen LogP contribution in [-0.2, 0) is 23.0 Å². The van der Waals surface area contributed by atoms with Gasteiger partial charge in [-0.15, -0.1) is 0 Å². The van der Waals surface area contributed by atoms with E-state index in [-0.39, 0.29) is 17.0 Å². The molecule has 0 amide bonds. The van der Waals surface area contributed by atoms with Crippen molar-refractivity contribution >= 4 is 22.3 Å². The largest absolute Gasteiger partial charge is 0.336 e. The number of aryl methyl sites for hydroxylation is 1. The molecule has 1 aromatic carbocycles. The molecular formula is C31H44FN3OS. The summed E-state index contributed by atoms with van der Waals surface area (Å²) < 4.78 is 27.1. The number of halogens is 1. The molecule has 1 heterocycles. The maximum absolute atomic E-state index is 15.3. The number of nitrogens with one attached hydrogen (secondary N) is 2. The van der Waals surface area contributed by atoms with Crippen LogP contribution in [0.25, 0.3) is 0 Å². The maximum Gasteiger partial charge on any atom is 0.152 e. The zero-order valence-electron chi connectivity index (χ0n) is 23.6. The molecule has 0 saturated heterocycles. The molecule has 202 valence electrons. The number of anilines is 2. The van der Waals surface area contributed by atoms with Crippen molar-refractivity contribution in [2.75, 3.05) is 11.6 Å². The highest BCUT2D eigenvalue weighted by Gasteiger charge is 2.29. The molecule has 1 aromatic heterocycles. The molecule has 0 aliphatic heterocycles. The molecule has 6 heteroatoms. The van der Waals surface area contributed by atoms with E-state index in [1.807, 2.05) is 19.1 Å². The Morgan fingerprint density at radius 2 is 2.03 bits per heavy atom. The average molecular weight is 526 g/mol. The van der Waals surface area contributed by atoms with E-state index in [9.17, 15) is 4.21 Å². The van der Waals surface area contributed by atoms with E-state index in [0.29, 0.717) is 35.3 Å². The molecule has 1 fully saturated rings. The summed E-state index contributed by atoms with van der Waals surface area (Å²) in [6.45, 7) is 13.1. The smallest absolute Gasteiger partial charge is 0.152 e. The predicted octanol–water partition coefficient (Wildman–Crippen LogP) is 8.50. The molecule has 2 N–H and O–H groups in total. The van der Waals surface area contributed by atoms with E-state index in [4.69, 9.17) is 0 Å². The molecule has 0 bridgehead atoms. The van der Waals surface area contributed by atoms with Gasteiger partial charge in [0.2, 0.25) is 0 Å². The van der Waals surface area contributed by atoms with Crippen molar-refractivity contribution < 1.29 is 8.60 Å². The minimum Gasteiger partial charge on any atom is -0.336 e. The van der Waals surface area contributed by atoms with E-state index in [1.54, 1.807) is 12.3 Å². The molecule has 4 nitrogen and oxygen atoms in total. The third-order valence-electron chi connectivity index (χ3n) is 7.25. The van der Waals surface area contributed by atoms with E-state index in [0.717, 1.165) is 36.9 Å². The Morgan fingerprint density at radius 3 is 2.65 bits per heavy atom. The molecule has 2 aromatic rings. The molecule has 0 radical (unpaired) electrons. The highest BCUT2D eigenvalue weighted by Crippen LogP contribution is 2.43. The van der Waals surface area contributed by atoms with Crippen molar-refractivity contribution in [2.24, 2.45) is 11.3 Å². The van der Waals surface area contributed by atoms with Crippen molar-refractivity contribution in [3.63, 3.8) is 0 Å². The van der Waals surface area contributed by atoms with Crippen LogP contribution in [0, 0.1) is 17.2 Å². The van der Waals surface area contributed by atoms with E-state index in [1.165, 1.54) is 11.1 Å². The highest BCUT2D eigenvalue weighted by molar-refractivity contribution is 7.83. The minimum absolute atomic E-state index is 0.0952. The van der Waals surface area contributed by atoms with Crippen LogP contribution in [0.5, 0.6) is 0 Å². The van der Waals surface area contributed by atoms with Gasteiger partial charge in [-0.2, -0.15) is 5.10 Å². The Hall–Kier alpha value is -2.47. The van der Waals surface area contributed by atoms with Crippen LogP contribution in [-0.4, -0.2) is 20.7 Å². The van der Waals surface area contributed by atoms with Crippen molar-refractivity contribution in [1.82, 2.24) is 10.2 Å². The van der Waals surface area contributed by atoms with E-state index >= 15 is 4.39 Å². The Labute approximate surface area is 225 Å². The van der Waals surface area contributed by atoms with Gasteiger partial charge in [0.1, 0.15) is 0 Å². The van der Waals surface area contributed by atoms with Crippen molar-refractivity contribution in [3.8, 4) is 0 Å². The molecule has 3 atom stereocenters. The third kappa shape index (κ3) is 7.53. The van der Waals surface area contributed by atoms with Crippen LogP contribution in [0.3, 0.4) is 0 Å². The van der Waals surface area contributed by atoms with Crippen LogP contribution < -0.4 is 5.32 Å². The lowest BCUT2D eigenvalue weighted by Crippen LogP contribution is -2.09. The second-order valence-corrected chi connectivity index (χ2v) is 12.6. The van der Waals surface area contributed by atoms with Crippen LogP contribution in [0.1, 0.15) is 90.0 Å². The number of benzene rings is 1. The number of nitrogens with zero attached hydrogens (tertiary/aromatic N) is 1. The molecule has 1 saturated carbocycles. The average Bonchev–Trinajstić information content (AvgIpc) is 3.50.